The lowest BCUT2D eigenvalue weighted by molar-refractivity contribution is -0.274. The first-order chi connectivity index (χ1) is 14.7. The number of hydrogen-bond acceptors (Lipinski definition) is 4. The fourth-order valence-electron chi connectivity index (χ4n) is 2.45. The summed E-state index contributed by atoms with van der Waals surface area (Å²) in [6.45, 7) is 0.246. The molecule has 1 aromatic heterocycles. The SMILES string of the molecule is O=C(NN=C(Cn1cc(Br)cn1)c1cccc(Cl)c1)Nc1ccc(OC(F)(F)F)cc1. The Balaban J connectivity index is 1.69. The van der Waals surface area contributed by atoms with Crippen LogP contribution in [-0.2, 0) is 6.54 Å². The van der Waals surface area contributed by atoms with Crippen molar-refractivity contribution in [2.45, 2.75) is 12.9 Å². The summed E-state index contributed by atoms with van der Waals surface area (Å²) in [5, 5.41) is 11.3. The minimum atomic E-state index is -4.79. The van der Waals surface area contributed by atoms with E-state index in [1.807, 2.05) is 0 Å². The molecule has 0 radical (unpaired) electrons. The van der Waals surface area contributed by atoms with Crippen LogP contribution in [0.25, 0.3) is 0 Å². The van der Waals surface area contributed by atoms with E-state index in [4.69, 9.17) is 11.6 Å². The van der Waals surface area contributed by atoms with Gasteiger partial charge in [0.05, 0.1) is 22.9 Å². The molecule has 0 aliphatic heterocycles. The maximum absolute atomic E-state index is 12.2. The zero-order chi connectivity index (χ0) is 22.4. The molecule has 0 fully saturated rings. The predicted molar refractivity (Wildman–Crippen MR) is 113 cm³/mol. The van der Waals surface area contributed by atoms with Gasteiger partial charge in [-0.3, -0.25) is 4.68 Å². The second-order valence-electron chi connectivity index (χ2n) is 6.06. The number of urea groups is 1. The van der Waals surface area contributed by atoms with Gasteiger partial charge < -0.3 is 10.1 Å². The first-order valence-electron chi connectivity index (χ1n) is 8.61. The Bertz CT molecular complexity index is 1090. The van der Waals surface area contributed by atoms with Crippen molar-refractivity contribution in [1.29, 1.82) is 0 Å². The fourth-order valence-corrected chi connectivity index (χ4v) is 2.97. The number of hydrazone groups is 1. The van der Waals surface area contributed by atoms with Crippen LogP contribution in [0.5, 0.6) is 5.75 Å². The van der Waals surface area contributed by atoms with Crippen LogP contribution in [0, 0.1) is 0 Å². The molecule has 3 rings (SSSR count). The van der Waals surface area contributed by atoms with Crippen molar-refractivity contribution >= 4 is 45.0 Å². The smallest absolute Gasteiger partial charge is 0.406 e. The largest absolute Gasteiger partial charge is 0.573 e. The molecule has 7 nitrogen and oxygen atoms in total. The highest BCUT2D eigenvalue weighted by atomic mass is 79.9. The number of aromatic nitrogens is 2. The molecule has 0 spiro atoms. The van der Waals surface area contributed by atoms with Crippen molar-refractivity contribution in [3.63, 3.8) is 0 Å². The second kappa shape index (κ2) is 9.84. The van der Waals surface area contributed by atoms with E-state index in [-0.39, 0.29) is 12.2 Å². The Morgan fingerprint density at radius 2 is 1.97 bits per heavy atom. The maximum Gasteiger partial charge on any atom is 0.573 e. The zero-order valence-corrected chi connectivity index (χ0v) is 17.9. The lowest BCUT2D eigenvalue weighted by atomic mass is 10.1. The van der Waals surface area contributed by atoms with Crippen LogP contribution in [0.2, 0.25) is 5.02 Å². The molecule has 0 aliphatic carbocycles. The van der Waals surface area contributed by atoms with Gasteiger partial charge in [0.1, 0.15) is 5.75 Å². The van der Waals surface area contributed by atoms with Gasteiger partial charge in [-0.1, -0.05) is 23.7 Å². The fraction of sp³-hybridized carbons (Fsp3) is 0.105. The van der Waals surface area contributed by atoms with E-state index in [1.165, 1.54) is 12.1 Å². The zero-order valence-electron chi connectivity index (χ0n) is 15.5. The third-order valence-corrected chi connectivity index (χ3v) is 4.35. The maximum atomic E-state index is 12.2. The first kappa shape index (κ1) is 22.6. The van der Waals surface area contributed by atoms with Gasteiger partial charge in [0.25, 0.3) is 0 Å². The van der Waals surface area contributed by atoms with Gasteiger partial charge in [-0.2, -0.15) is 10.2 Å². The summed E-state index contributed by atoms with van der Waals surface area (Å²) in [6.07, 6.45) is -1.44. The van der Waals surface area contributed by atoms with Crippen LogP contribution in [0.1, 0.15) is 5.56 Å². The summed E-state index contributed by atoms with van der Waals surface area (Å²) >= 11 is 9.37. The molecule has 1 heterocycles. The summed E-state index contributed by atoms with van der Waals surface area (Å²) in [6, 6.07) is 10.9. The number of nitrogens with zero attached hydrogens (tertiary/aromatic N) is 3. The minimum absolute atomic E-state index is 0.246. The molecule has 3 aromatic rings. The van der Waals surface area contributed by atoms with Crippen molar-refractivity contribution in [3.8, 4) is 5.75 Å². The average molecular weight is 517 g/mol. The summed E-state index contributed by atoms with van der Waals surface area (Å²) < 4.78 is 42.8. The van der Waals surface area contributed by atoms with Gasteiger partial charge in [-0.15, -0.1) is 13.2 Å². The number of ether oxygens (including phenoxy) is 1. The third kappa shape index (κ3) is 7.30. The molecule has 0 saturated heterocycles. The molecule has 2 aromatic carbocycles. The number of rotatable bonds is 6. The highest BCUT2D eigenvalue weighted by Crippen LogP contribution is 2.24. The summed E-state index contributed by atoms with van der Waals surface area (Å²) in [5.74, 6) is -0.398. The Morgan fingerprint density at radius 3 is 2.58 bits per heavy atom. The molecule has 0 saturated carbocycles. The number of benzene rings is 2. The lowest BCUT2D eigenvalue weighted by Crippen LogP contribution is -2.27. The van der Waals surface area contributed by atoms with Crippen LogP contribution in [-0.4, -0.2) is 27.9 Å². The normalized spacial score (nSPS) is 11.8. The third-order valence-electron chi connectivity index (χ3n) is 3.71. The van der Waals surface area contributed by atoms with Crippen molar-refractivity contribution in [2.24, 2.45) is 5.10 Å². The van der Waals surface area contributed by atoms with Crippen LogP contribution in [0.4, 0.5) is 23.7 Å². The molecular weight excluding hydrogens is 503 g/mol. The molecule has 31 heavy (non-hydrogen) atoms. The van der Waals surface area contributed by atoms with Gasteiger partial charge in [-0.05, 0) is 52.3 Å². The van der Waals surface area contributed by atoms with Crippen molar-refractivity contribution in [1.82, 2.24) is 15.2 Å². The number of alkyl halides is 3. The van der Waals surface area contributed by atoms with Crippen LogP contribution < -0.4 is 15.5 Å². The number of hydrogen-bond donors (Lipinski definition) is 2. The topological polar surface area (TPSA) is 80.5 Å². The Morgan fingerprint density at radius 1 is 1.23 bits per heavy atom. The monoisotopic (exact) mass is 515 g/mol. The van der Waals surface area contributed by atoms with E-state index in [9.17, 15) is 18.0 Å². The van der Waals surface area contributed by atoms with Gasteiger partial charge in [-0.25, -0.2) is 10.2 Å². The predicted octanol–water partition coefficient (Wildman–Crippen LogP) is 5.42. The van der Waals surface area contributed by atoms with E-state index in [0.717, 1.165) is 16.6 Å². The number of amides is 2. The van der Waals surface area contributed by atoms with Gasteiger partial charge in [0.2, 0.25) is 0 Å². The number of nitrogens with one attached hydrogen (secondary N) is 2. The lowest BCUT2D eigenvalue weighted by Gasteiger charge is -2.11. The van der Waals surface area contributed by atoms with Crippen molar-refractivity contribution in [2.75, 3.05) is 5.32 Å². The van der Waals surface area contributed by atoms with E-state index in [0.29, 0.717) is 16.3 Å². The molecular formula is C19H14BrClF3N5O2. The van der Waals surface area contributed by atoms with E-state index in [1.54, 1.807) is 41.3 Å². The second-order valence-corrected chi connectivity index (χ2v) is 7.42. The van der Waals surface area contributed by atoms with Crippen molar-refractivity contribution in [3.05, 3.63) is 76.0 Å². The van der Waals surface area contributed by atoms with Gasteiger partial charge in [0.15, 0.2) is 0 Å². The molecule has 162 valence electrons. The highest BCUT2D eigenvalue weighted by molar-refractivity contribution is 9.10. The molecule has 0 aliphatic rings. The standard InChI is InChI=1S/C19H14BrClF3N5O2/c20-13-9-25-29(10-13)11-17(12-2-1-3-14(21)8-12)27-28-18(30)26-15-4-6-16(7-5-15)31-19(22,23)24/h1-10H,11H2,(H2,26,28,30). The summed E-state index contributed by atoms with van der Waals surface area (Å²) in [4.78, 5) is 12.2. The average Bonchev–Trinajstić information content (AvgIpc) is 3.10. The van der Waals surface area contributed by atoms with E-state index in [2.05, 4.69) is 41.6 Å². The number of carbonyl (C=O) groups is 1. The number of halogens is 5. The Kier molecular flexibility index (Phi) is 7.18. The quantitative estimate of drug-likeness (QED) is 0.339. The van der Waals surface area contributed by atoms with Crippen LogP contribution >= 0.6 is 27.5 Å². The van der Waals surface area contributed by atoms with Crippen molar-refractivity contribution < 1.29 is 22.7 Å². The van der Waals surface area contributed by atoms with Gasteiger partial charge >= 0.3 is 12.4 Å². The molecule has 0 bridgehead atoms. The highest BCUT2D eigenvalue weighted by Gasteiger charge is 2.30. The van der Waals surface area contributed by atoms with E-state index < -0.39 is 18.1 Å². The Hall–Kier alpha value is -3.05. The molecule has 0 unspecified atom stereocenters. The number of carbonyl (C=O) groups excluding carboxylic acids is 1. The number of anilines is 1. The molecule has 0 atom stereocenters. The van der Waals surface area contributed by atoms with Crippen LogP contribution in [0.3, 0.4) is 0 Å². The molecule has 2 amide bonds. The summed E-state index contributed by atoms with van der Waals surface area (Å²) in [5.41, 5.74) is 3.76. The first-order valence-corrected chi connectivity index (χ1v) is 9.78. The Labute approximate surface area is 188 Å². The van der Waals surface area contributed by atoms with Crippen LogP contribution in [0.15, 0.2) is 70.5 Å². The van der Waals surface area contributed by atoms with E-state index >= 15 is 0 Å². The molecule has 2 N–H and O–H groups in total. The minimum Gasteiger partial charge on any atom is -0.406 e. The van der Waals surface area contributed by atoms with Gasteiger partial charge in [0, 0.05) is 22.5 Å². The summed E-state index contributed by atoms with van der Waals surface area (Å²) in [7, 11) is 0. The molecule has 12 heteroatoms.